The molecule has 0 unspecified atom stereocenters. The van der Waals surface area contributed by atoms with Crippen molar-refractivity contribution >= 4 is 21.6 Å². The molecule has 0 aromatic heterocycles. The predicted molar refractivity (Wildman–Crippen MR) is 136 cm³/mol. The molecular formula is C26H27FN2O8S. The Bertz CT molecular complexity index is 1430. The van der Waals surface area contributed by atoms with Gasteiger partial charge in [0.1, 0.15) is 25.6 Å². The van der Waals surface area contributed by atoms with Gasteiger partial charge in [0.15, 0.2) is 23.0 Å². The van der Waals surface area contributed by atoms with Crippen molar-refractivity contribution in [1.29, 1.82) is 0 Å². The Balaban J connectivity index is 1.61. The van der Waals surface area contributed by atoms with Crippen LogP contribution in [0.15, 0.2) is 59.5 Å². The van der Waals surface area contributed by atoms with E-state index in [1.165, 1.54) is 57.7 Å². The van der Waals surface area contributed by atoms with Gasteiger partial charge in [-0.3, -0.25) is 9.10 Å². The fraction of sp³-hybridized carbons (Fsp3) is 0.269. The second-order valence-electron chi connectivity index (χ2n) is 8.07. The van der Waals surface area contributed by atoms with E-state index < -0.39 is 28.3 Å². The standard InChI is InChI=1S/C26H27FN2O8S/c1-33-22-9-7-17(25(34-2)26(22)35-3)15-28-24(30)16-29(19-6-4-5-18(27)13-19)38(31,32)20-8-10-21-23(14-20)37-12-11-36-21/h4-10,13-14H,11-12,15-16H2,1-3H3,(H,28,30). The lowest BCUT2D eigenvalue weighted by Gasteiger charge is -2.25. The fourth-order valence-electron chi connectivity index (χ4n) is 3.94. The van der Waals surface area contributed by atoms with E-state index in [0.29, 0.717) is 35.2 Å². The van der Waals surface area contributed by atoms with Crippen molar-refractivity contribution in [3.05, 3.63) is 66.0 Å². The first-order chi connectivity index (χ1) is 18.3. The molecule has 0 atom stereocenters. The summed E-state index contributed by atoms with van der Waals surface area (Å²) < 4.78 is 69.3. The van der Waals surface area contributed by atoms with Gasteiger partial charge < -0.3 is 29.0 Å². The van der Waals surface area contributed by atoms with Crippen molar-refractivity contribution in [1.82, 2.24) is 5.32 Å². The van der Waals surface area contributed by atoms with Crippen LogP contribution in [0, 0.1) is 5.82 Å². The lowest BCUT2D eigenvalue weighted by atomic mass is 10.1. The van der Waals surface area contributed by atoms with Gasteiger partial charge in [0, 0.05) is 18.2 Å². The zero-order valence-corrected chi connectivity index (χ0v) is 21.8. The Morgan fingerprint density at radius 3 is 2.37 bits per heavy atom. The maximum atomic E-state index is 14.1. The van der Waals surface area contributed by atoms with E-state index in [1.54, 1.807) is 12.1 Å². The molecule has 0 saturated carbocycles. The topological polar surface area (TPSA) is 113 Å². The van der Waals surface area contributed by atoms with Crippen molar-refractivity contribution in [2.45, 2.75) is 11.4 Å². The quantitative estimate of drug-likeness (QED) is 0.413. The molecule has 0 saturated heterocycles. The van der Waals surface area contributed by atoms with Crippen LogP contribution in [-0.2, 0) is 21.4 Å². The Kier molecular flexibility index (Phi) is 8.10. The Morgan fingerprint density at radius 2 is 1.68 bits per heavy atom. The lowest BCUT2D eigenvalue weighted by molar-refractivity contribution is -0.119. The second kappa shape index (κ2) is 11.5. The van der Waals surface area contributed by atoms with Crippen LogP contribution < -0.4 is 33.3 Å². The highest BCUT2D eigenvalue weighted by Crippen LogP contribution is 2.39. The Labute approximate surface area is 219 Å². The third-order valence-electron chi connectivity index (χ3n) is 5.75. The highest BCUT2D eigenvalue weighted by molar-refractivity contribution is 7.92. The Hall–Kier alpha value is -4.19. The summed E-state index contributed by atoms with van der Waals surface area (Å²) in [6.07, 6.45) is 0. The number of sulfonamides is 1. The minimum atomic E-state index is -4.31. The van der Waals surface area contributed by atoms with Gasteiger partial charge in [-0.05, 0) is 42.5 Å². The molecule has 0 aliphatic carbocycles. The van der Waals surface area contributed by atoms with Gasteiger partial charge in [-0.2, -0.15) is 0 Å². The predicted octanol–water partition coefficient (Wildman–Crippen LogP) is 3.13. The van der Waals surface area contributed by atoms with Gasteiger partial charge in [-0.15, -0.1) is 0 Å². The molecule has 1 amide bonds. The van der Waals surface area contributed by atoms with Crippen molar-refractivity contribution < 1.29 is 41.3 Å². The maximum absolute atomic E-state index is 14.1. The average Bonchev–Trinajstić information content (AvgIpc) is 2.93. The number of carbonyl (C=O) groups is 1. The van der Waals surface area contributed by atoms with Crippen molar-refractivity contribution in [2.75, 3.05) is 45.4 Å². The smallest absolute Gasteiger partial charge is 0.264 e. The summed E-state index contributed by atoms with van der Waals surface area (Å²) in [5, 5.41) is 2.69. The van der Waals surface area contributed by atoms with Gasteiger partial charge >= 0.3 is 0 Å². The van der Waals surface area contributed by atoms with Gasteiger partial charge in [0.05, 0.1) is 31.9 Å². The van der Waals surface area contributed by atoms with E-state index in [4.69, 9.17) is 23.7 Å². The highest BCUT2D eigenvalue weighted by atomic mass is 32.2. The van der Waals surface area contributed by atoms with Crippen LogP contribution in [0.2, 0.25) is 0 Å². The van der Waals surface area contributed by atoms with E-state index in [9.17, 15) is 17.6 Å². The summed E-state index contributed by atoms with van der Waals surface area (Å²) in [6.45, 7) is 0.00488. The second-order valence-corrected chi connectivity index (χ2v) is 9.93. The summed E-state index contributed by atoms with van der Waals surface area (Å²) in [5.41, 5.74) is 0.559. The third-order valence-corrected chi connectivity index (χ3v) is 7.52. The number of halogens is 1. The van der Waals surface area contributed by atoms with Crippen LogP contribution in [0.5, 0.6) is 28.7 Å². The molecule has 1 aliphatic rings. The molecule has 0 spiro atoms. The number of rotatable bonds is 10. The number of carbonyl (C=O) groups excluding carboxylic acids is 1. The van der Waals surface area contributed by atoms with Gasteiger partial charge in [0.25, 0.3) is 10.0 Å². The minimum absolute atomic E-state index is 0.00340. The molecule has 0 fully saturated rings. The zero-order chi connectivity index (χ0) is 27.3. The lowest BCUT2D eigenvalue weighted by Crippen LogP contribution is -2.40. The van der Waals surface area contributed by atoms with Gasteiger partial charge in [0.2, 0.25) is 11.7 Å². The maximum Gasteiger partial charge on any atom is 0.264 e. The number of fused-ring (bicyclic) bond motifs is 1. The summed E-state index contributed by atoms with van der Waals surface area (Å²) in [6, 6.07) is 12.5. The molecule has 0 radical (unpaired) electrons. The number of nitrogens with zero attached hydrogens (tertiary/aromatic N) is 1. The van der Waals surface area contributed by atoms with E-state index >= 15 is 0 Å². The molecule has 38 heavy (non-hydrogen) atoms. The molecule has 0 bridgehead atoms. The monoisotopic (exact) mass is 546 g/mol. The van der Waals surface area contributed by atoms with Crippen LogP contribution in [0.3, 0.4) is 0 Å². The van der Waals surface area contributed by atoms with E-state index in [2.05, 4.69) is 5.32 Å². The first-order valence-electron chi connectivity index (χ1n) is 11.5. The largest absolute Gasteiger partial charge is 0.493 e. The molecule has 3 aromatic carbocycles. The van der Waals surface area contributed by atoms with E-state index in [0.717, 1.165) is 10.4 Å². The first-order valence-corrected chi connectivity index (χ1v) is 12.9. The number of benzene rings is 3. The third kappa shape index (κ3) is 5.54. The molecule has 1 N–H and O–H groups in total. The van der Waals surface area contributed by atoms with Crippen LogP contribution >= 0.6 is 0 Å². The molecule has 1 heterocycles. The van der Waals surface area contributed by atoms with Crippen molar-refractivity contribution in [3.8, 4) is 28.7 Å². The van der Waals surface area contributed by atoms with Crippen LogP contribution in [0.25, 0.3) is 0 Å². The molecule has 202 valence electrons. The zero-order valence-electron chi connectivity index (χ0n) is 21.0. The number of nitrogens with one attached hydrogen (secondary N) is 1. The van der Waals surface area contributed by atoms with Crippen LogP contribution in [0.1, 0.15) is 5.56 Å². The summed E-state index contributed by atoms with van der Waals surface area (Å²) in [5.74, 6) is 0.549. The number of amides is 1. The summed E-state index contributed by atoms with van der Waals surface area (Å²) in [4.78, 5) is 12.9. The molecule has 1 aliphatic heterocycles. The average molecular weight is 547 g/mol. The van der Waals surface area contributed by atoms with Crippen LogP contribution in [0.4, 0.5) is 10.1 Å². The minimum Gasteiger partial charge on any atom is -0.493 e. The van der Waals surface area contributed by atoms with Crippen molar-refractivity contribution in [3.63, 3.8) is 0 Å². The van der Waals surface area contributed by atoms with E-state index in [-0.39, 0.29) is 29.5 Å². The summed E-state index contributed by atoms with van der Waals surface area (Å²) >= 11 is 0. The molecule has 3 aromatic rings. The SMILES string of the molecule is COc1ccc(CNC(=O)CN(c2cccc(F)c2)S(=O)(=O)c2ccc3c(c2)OCCO3)c(OC)c1OC. The molecule has 10 nitrogen and oxygen atoms in total. The van der Waals surface area contributed by atoms with E-state index in [1.807, 2.05) is 0 Å². The number of hydrogen-bond donors (Lipinski definition) is 1. The highest BCUT2D eigenvalue weighted by Gasteiger charge is 2.29. The molecule has 12 heteroatoms. The Morgan fingerprint density at radius 1 is 0.947 bits per heavy atom. The van der Waals surface area contributed by atoms with Gasteiger partial charge in [-0.1, -0.05) is 6.07 Å². The van der Waals surface area contributed by atoms with Crippen molar-refractivity contribution in [2.24, 2.45) is 0 Å². The first kappa shape index (κ1) is 26.9. The molecular weight excluding hydrogens is 519 g/mol. The summed E-state index contributed by atoms with van der Waals surface area (Å²) in [7, 11) is 0.0954. The number of anilines is 1. The van der Waals surface area contributed by atoms with Gasteiger partial charge in [-0.25, -0.2) is 12.8 Å². The number of ether oxygens (including phenoxy) is 5. The fourth-order valence-corrected chi connectivity index (χ4v) is 5.37. The molecule has 4 rings (SSSR count). The van der Waals surface area contributed by atoms with Crippen LogP contribution in [-0.4, -0.2) is 55.4 Å². The number of hydrogen-bond acceptors (Lipinski definition) is 8. The normalized spacial score (nSPS) is 12.4. The number of methoxy groups -OCH3 is 3.